The van der Waals surface area contributed by atoms with Crippen LogP contribution < -0.4 is 10.2 Å². The molecule has 0 aliphatic heterocycles. The molecule has 0 atom stereocenters. The highest BCUT2D eigenvalue weighted by Gasteiger charge is 2.27. The standard InChI is InChI=1S/C22H18Cl2O4/c23-15-8-6-13(7-9-15)20-21(28-22(26)14-4-2-1-3-5-14)19(25)17-12-16(24)10-11-18(17)27-20/h6-12,14H,1-5H2. The first-order valence-corrected chi connectivity index (χ1v) is 10.0. The van der Waals surface area contributed by atoms with Crippen molar-refractivity contribution in [1.29, 1.82) is 0 Å². The van der Waals surface area contributed by atoms with Gasteiger partial charge in [0.15, 0.2) is 5.76 Å². The summed E-state index contributed by atoms with van der Waals surface area (Å²) in [5.41, 5.74) is 0.555. The Balaban J connectivity index is 1.84. The van der Waals surface area contributed by atoms with Gasteiger partial charge in [-0.1, -0.05) is 42.5 Å². The first kappa shape index (κ1) is 19.0. The van der Waals surface area contributed by atoms with Gasteiger partial charge in [-0.15, -0.1) is 0 Å². The third-order valence-corrected chi connectivity index (χ3v) is 5.55. The Morgan fingerprint density at radius 1 is 0.964 bits per heavy atom. The van der Waals surface area contributed by atoms with Crippen molar-refractivity contribution in [3.05, 3.63) is 62.7 Å². The van der Waals surface area contributed by atoms with Gasteiger partial charge in [-0.25, -0.2) is 0 Å². The summed E-state index contributed by atoms with van der Waals surface area (Å²) in [6.45, 7) is 0. The summed E-state index contributed by atoms with van der Waals surface area (Å²) >= 11 is 12.0. The molecular weight excluding hydrogens is 399 g/mol. The monoisotopic (exact) mass is 416 g/mol. The van der Waals surface area contributed by atoms with Crippen molar-refractivity contribution < 1.29 is 13.9 Å². The molecule has 0 bridgehead atoms. The smallest absolute Gasteiger partial charge is 0.314 e. The SMILES string of the molecule is O=C(Oc1c(-c2ccc(Cl)cc2)oc2ccc(Cl)cc2c1=O)C1CCCCC1. The van der Waals surface area contributed by atoms with E-state index in [1.54, 1.807) is 36.4 Å². The lowest BCUT2D eigenvalue weighted by Crippen LogP contribution is -2.25. The summed E-state index contributed by atoms with van der Waals surface area (Å²) < 4.78 is 11.6. The molecule has 1 aliphatic carbocycles. The Bertz CT molecular complexity index is 1080. The summed E-state index contributed by atoms with van der Waals surface area (Å²) in [4.78, 5) is 25.8. The number of rotatable bonds is 3. The largest absolute Gasteiger partial charge is 0.452 e. The molecule has 1 fully saturated rings. The number of hydrogen-bond acceptors (Lipinski definition) is 4. The van der Waals surface area contributed by atoms with Crippen molar-refractivity contribution in [2.45, 2.75) is 32.1 Å². The van der Waals surface area contributed by atoms with Gasteiger partial charge in [0.1, 0.15) is 5.58 Å². The van der Waals surface area contributed by atoms with Gasteiger partial charge in [-0.3, -0.25) is 9.59 Å². The van der Waals surface area contributed by atoms with E-state index in [-0.39, 0.29) is 28.8 Å². The number of benzene rings is 2. The maximum atomic E-state index is 13.1. The number of carbonyl (C=O) groups excluding carboxylic acids is 1. The van der Waals surface area contributed by atoms with Crippen molar-refractivity contribution in [3.8, 4) is 17.1 Å². The van der Waals surface area contributed by atoms with E-state index >= 15 is 0 Å². The molecule has 1 aromatic heterocycles. The number of carbonyl (C=O) groups is 1. The zero-order chi connectivity index (χ0) is 19.7. The van der Waals surface area contributed by atoms with Crippen LogP contribution in [-0.2, 0) is 4.79 Å². The highest BCUT2D eigenvalue weighted by atomic mass is 35.5. The summed E-state index contributed by atoms with van der Waals surface area (Å²) in [5, 5.41) is 1.24. The zero-order valence-electron chi connectivity index (χ0n) is 15.0. The van der Waals surface area contributed by atoms with E-state index in [1.807, 2.05) is 0 Å². The van der Waals surface area contributed by atoms with Crippen molar-refractivity contribution in [3.63, 3.8) is 0 Å². The minimum Gasteiger partial charge on any atom is -0.452 e. The van der Waals surface area contributed by atoms with Gasteiger partial charge in [0.25, 0.3) is 0 Å². The number of esters is 1. The van der Waals surface area contributed by atoms with Crippen LogP contribution in [0.2, 0.25) is 10.0 Å². The minimum atomic E-state index is -0.419. The average Bonchev–Trinajstić information content (AvgIpc) is 2.71. The molecule has 6 heteroatoms. The highest BCUT2D eigenvalue weighted by molar-refractivity contribution is 6.31. The van der Waals surface area contributed by atoms with E-state index in [2.05, 4.69) is 0 Å². The third-order valence-electron chi connectivity index (χ3n) is 5.06. The van der Waals surface area contributed by atoms with E-state index in [9.17, 15) is 9.59 Å². The first-order valence-electron chi connectivity index (χ1n) is 9.27. The molecule has 1 aliphatic rings. The number of halogens is 2. The molecule has 1 saturated carbocycles. The van der Waals surface area contributed by atoms with E-state index in [0.29, 0.717) is 21.2 Å². The van der Waals surface area contributed by atoms with Crippen LogP contribution in [-0.4, -0.2) is 5.97 Å². The Morgan fingerprint density at radius 2 is 1.64 bits per heavy atom. The van der Waals surface area contributed by atoms with Gasteiger partial charge in [0.2, 0.25) is 11.2 Å². The molecular formula is C22H18Cl2O4. The lowest BCUT2D eigenvalue weighted by molar-refractivity contribution is -0.140. The van der Waals surface area contributed by atoms with Crippen molar-refractivity contribution in [2.24, 2.45) is 5.92 Å². The summed E-state index contributed by atoms with van der Waals surface area (Å²) in [6, 6.07) is 11.6. The summed E-state index contributed by atoms with van der Waals surface area (Å²) in [6.07, 6.45) is 4.66. The van der Waals surface area contributed by atoms with Crippen LogP contribution in [0.1, 0.15) is 32.1 Å². The number of hydrogen-bond donors (Lipinski definition) is 0. The topological polar surface area (TPSA) is 56.5 Å². The molecule has 144 valence electrons. The zero-order valence-corrected chi connectivity index (χ0v) is 16.6. The van der Waals surface area contributed by atoms with Gasteiger partial charge in [-0.05, 0) is 55.3 Å². The molecule has 1 heterocycles. The fourth-order valence-electron chi connectivity index (χ4n) is 3.56. The third kappa shape index (κ3) is 3.80. The van der Waals surface area contributed by atoms with Crippen molar-refractivity contribution >= 4 is 40.1 Å². The molecule has 28 heavy (non-hydrogen) atoms. The van der Waals surface area contributed by atoms with Crippen LogP contribution in [0.5, 0.6) is 5.75 Å². The Morgan fingerprint density at radius 3 is 2.36 bits per heavy atom. The normalized spacial score (nSPS) is 14.9. The predicted octanol–water partition coefficient (Wildman–Crippen LogP) is 6.25. The van der Waals surface area contributed by atoms with Gasteiger partial charge in [-0.2, -0.15) is 0 Å². The van der Waals surface area contributed by atoms with Crippen LogP contribution in [0.4, 0.5) is 0 Å². The molecule has 4 nitrogen and oxygen atoms in total. The maximum absolute atomic E-state index is 13.1. The Hall–Kier alpha value is -2.30. The summed E-state index contributed by atoms with van der Waals surface area (Å²) in [5.74, 6) is -0.474. The fraction of sp³-hybridized carbons (Fsp3) is 0.273. The number of fused-ring (bicyclic) bond motifs is 1. The highest BCUT2D eigenvalue weighted by Crippen LogP contribution is 2.34. The van der Waals surface area contributed by atoms with E-state index in [1.165, 1.54) is 6.07 Å². The second kappa shape index (κ2) is 7.98. The van der Waals surface area contributed by atoms with E-state index in [4.69, 9.17) is 32.4 Å². The molecule has 0 N–H and O–H groups in total. The lowest BCUT2D eigenvalue weighted by Gasteiger charge is -2.20. The second-order valence-corrected chi connectivity index (χ2v) is 7.87. The lowest BCUT2D eigenvalue weighted by atomic mass is 9.89. The molecule has 0 spiro atoms. The number of ether oxygens (including phenoxy) is 1. The van der Waals surface area contributed by atoms with Gasteiger partial charge >= 0.3 is 5.97 Å². The maximum Gasteiger partial charge on any atom is 0.314 e. The van der Waals surface area contributed by atoms with Crippen molar-refractivity contribution in [2.75, 3.05) is 0 Å². The van der Waals surface area contributed by atoms with E-state index in [0.717, 1.165) is 32.1 Å². The van der Waals surface area contributed by atoms with Crippen molar-refractivity contribution in [1.82, 2.24) is 0 Å². The molecule has 3 aromatic rings. The van der Waals surface area contributed by atoms with Gasteiger partial charge < -0.3 is 9.15 Å². The molecule has 0 amide bonds. The van der Waals surface area contributed by atoms with Crippen LogP contribution in [0.15, 0.2) is 51.7 Å². The van der Waals surface area contributed by atoms with Crippen LogP contribution in [0, 0.1) is 5.92 Å². The summed E-state index contributed by atoms with van der Waals surface area (Å²) in [7, 11) is 0. The van der Waals surface area contributed by atoms with Gasteiger partial charge in [0, 0.05) is 15.6 Å². The predicted molar refractivity (Wildman–Crippen MR) is 110 cm³/mol. The fourth-order valence-corrected chi connectivity index (χ4v) is 3.85. The first-order chi connectivity index (χ1) is 13.5. The Kier molecular flexibility index (Phi) is 5.42. The van der Waals surface area contributed by atoms with Gasteiger partial charge in [0.05, 0.1) is 11.3 Å². The molecule has 2 aromatic carbocycles. The Labute approximate surface area is 172 Å². The molecule has 0 radical (unpaired) electrons. The van der Waals surface area contributed by atoms with Crippen LogP contribution in [0.3, 0.4) is 0 Å². The minimum absolute atomic E-state index is 0.104. The molecule has 4 rings (SSSR count). The van der Waals surface area contributed by atoms with E-state index < -0.39 is 5.43 Å². The van der Waals surface area contributed by atoms with Crippen LogP contribution in [0.25, 0.3) is 22.3 Å². The average molecular weight is 417 g/mol. The van der Waals surface area contributed by atoms with Crippen LogP contribution >= 0.6 is 23.2 Å². The molecule has 0 saturated heterocycles. The quantitative estimate of drug-likeness (QED) is 0.473. The molecule has 0 unspecified atom stereocenters. The second-order valence-electron chi connectivity index (χ2n) is 6.99.